The van der Waals surface area contributed by atoms with E-state index in [1.54, 1.807) is 31.4 Å². The van der Waals surface area contributed by atoms with Gasteiger partial charge in [-0.2, -0.15) is 10.2 Å². The molecule has 0 bridgehead atoms. The summed E-state index contributed by atoms with van der Waals surface area (Å²) >= 11 is 0. The van der Waals surface area contributed by atoms with Gasteiger partial charge in [0.15, 0.2) is 5.82 Å². The molecule has 28 heavy (non-hydrogen) atoms. The van der Waals surface area contributed by atoms with Crippen molar-refractivity contribution in [1.82, 2.24) is 30.3 Å². The van der Waals surface area contributed by atoms with Gasteiger partial charge in [0.1, 0.15) is 6.33 Å². The molecule has 9 nitrogen and oxygen atoms in total. The lowest BCUT2D eigenvalue weighted by atomic mass is 10.1. The molecule has 4 rings (SSSR count). The van der Waals surface area contributed by atoms with Crippen LogP contribution in [0.25, 0.3) is 11.4 Å². The van der Waals surface area contributed by atoms with Crippen LogP contribution in [0, 0.1) is 5.92 Å². The highest BCUT2D eigenvalue weighted by Crippen LogP contribution is 2.21. The van der Waals surface area contributed by atoms with Gasteiger partial charge < -0.3 is 10.2 Å². The van der Waals surface area contributed by atoms with Crippen LogP contribution in [0.3, 0.4) is 0 Å². The van der Waals surface area contributed by atoms with Crippen LogP contribution in [0.5, 0.6) is 0 Å². The maximum absolute atomic E-state index is 12.4. The molecule has 0 radical (unpaired) electrons. The predicted molar refractivity (Wildman–Crippen MR) is 104 cm³/mol. The molecule has 1 amide bonds. The van der Waals surface area contributed by atoms with E-state index in [9.17, 15) is 9.59 Å². The van der Waals surface area contributed by atoms with Gasteiger partial charge in [-0.15, -0.1) is 0 Å². The zero-order valence-corrected chi connectivity index (χ0v) is 15.5. The number of aromatic amines is 1. The smallest absolute Gasteiger partial charge is 0.268 e. The van der Waals surface area contributed by atoms with E-state index < -0.39 is 0 Å². The number of benzene rings is 1. The zero-order valence-electron chi connectivity index (χ0n) is 15.5. The number of H-pyrrole nitrogens is 1. The van der Waals surface area contributed by atoms with E-state index >= 15 is 0 Å². The van der Waals surface area contributed by atoms with Crippen LogP contribution in [0.2, 0.25) is 0 Å². The minimum atomic E-state index is -0.122. The van der Waals surface area contributed by atoms with Crippen LogP contribution in [-0.4, -0.2) is 50.5 Å². The zero-order chi connectivity index (χ0) is 19.5. The molecule has 2 N–H and O–H groups in total. The molecule has 1 saturated heterocycles. The van der Waals surface area contributed by atoms with Gasteiger partial charge in [-0.25, -0.2) is 9.67 Å². The molecule has 144 valence electrons. The lowest BCUT2D eigenvalue weighted by Crippen LogP contribution is -2.31. The Bertz CT molecular complexity index is 1010. The Hall–Kier alpha value is -3.49. The summed E-state index contributed by atoms with van der Waals surface area (Å²) in [6.07, 6.45) is 4.11. The normalized spacial score (nSPS) is 16.3. The summed E-state index contributed by atoms with van der Waals surface area (Å²) in [7, 11) is 1.63. The third kappa shape index (κ3) is 3.78. The fourth-order valence-electron chi connectivity index (χ4n) is 3.33. The summed E-state index contributed by atoms with van der Waals surface area (Å²) in [6, 6.07) is 8.84. The van der Waals surface area contributed by atoms with Gasteiger partial charge in [-0.05, 0) is 24.5 Å². The number of aromatic nitrogens is 5. The summed E-state index contributed by atoms with van der Waals surface area (Å²) in [4.78, 5) is 30.4. The van der Waals surface area contributed by atoms with Gasteiger partial charge in [-0.1, -0.05) is 12.1 Å². The third-order valence-electron chi connectivity index (χ3n) is 4.99. The molecule has 1 aliphatic heterocycles. The number of carbonyl (C=O) groups excluding carboxylic acids is 1. The molecule has 9 heteroatoms. The molecule has 0 aliphatic carbocycles. The van der Waals surface area contributed by atoms with E-state index in [1.807, 2.05) is 12.1 Å². The molecule has 0 saturated carbocycles. The van der Waals surface area contributed by atoms with Gasteiger partial charge in [0.2, 0.25) is 0 Å². The summed E-state index contributed by atoms with van der Waals surface area (Å²) in [5.41, 5.74) is 2.19. The number of nitrogens with zero attached hydrogens (tertiary/aromatic N) is 5. The van der Waals surface area contributed by atoms with Gasteiger partial charge in [-0.3, -0.25) is 14.7 Å². The van der Waals surface area contributed by atoms with Crippen molar-refractivity contribution in [3.05, 3.63) is 58.8 Å². The van der Waals surface area contributed by atoms with E-state index in [0.717, 1.165) is 30.8 Å². The van der Waals surface area contributed by atoms with Gasteiger partial charge >= 0.3 is 0 Å². The van der Waals surface area contributed by atoms with Crippen LogP contribution in [0.1, 0.15) is 16.8 Å². The van der Waals surface area contributed by atoms with E-state index in [-0.39, 0.29) is 11.5 Å². The summed E-state index contributed by atoms with van der Waals surface area (Å²) in [6.45, 7) is 2.23. The first-order valence-corrected chi connectivity index (χ1v) is 9.12. The first-order chi connectivity index (χ1) is 13.6. The van der Waals surface area contributed by atoms with Crippen LogP contribution in [-0.2, 0) is 7.05 Å². The van der Waals surface area contributed by atoms with Crippen LogP contribution >= 0.6 is 0 Å². The molecule has 0 spiro atoms. The molecule has 3 aromatic rings. The number of carbonyl (C=O) groups is 1. The van der Waals surface area contributed by atoms with Crippen molar-refractivity contribution in [2.45, 2.75) is 6.42 Å². The summed E-state index contributed by atoms with van der Waals surface area (Å²) in [5, 5.41) is 13.7. The average molecular weight is 379 g/mol. The molecule has 1 atom stereocenters. The van der Waals surface area contributed by atoms with Crippen molar-refractivity contribution in [3.8, 4) is 11.4 Å². The minimum absolute atomic E-state index is 0.0992. The van der Waals surface area contributed by atoms with Crippen molar-refractivity contribution in [2.24, 2.45) is 13.0 Å². The van der Waals surface area contributed by atoms with Crippen LogP contribution in [0.15, 0.2) is 47.7 Å². The standard InChI is InChI=1S/C19H21N7O2/c1-25-17(27)8-16(10-23-25)26-7-6-13(11-26)9-20-19(28)15-4-2-14(3-5-15)18-21-12-22-24-18/h2-5,8,10,12-13H,6-7,9,11H2,1H3,(H,20,28)(H,21,22,24)/t13-/m1/s1. The molecular weight excluding hydrogens is 358 g/mol. The topological polar surface area (TPSA) is 109 Å². The number of anilines is 1. The Morgan fingerprint density at radius 1 is 1.32 bits per heavy atom. The third-order valence-corrected chi connectivity index (χ3v) is 4.99. The number of hydrogen-bond acceptors (Lipinski definition) is 6. The summed E-state index contributed by atoms with van der Waals surface area (Å²) in [5.74, 6) is 0.905. The molecular formula is C19H21N7O2. The molecule has 0 unspecified atom stereocenters. The second-order valence-electron chi connectivity index (χ2n) is 6.90. The molecule has 1 aliphatic rings. The lowest BCUT2D eigenvalue weighted by Gasteiger charge is -2.18. The quantitative estimate of drug-likeness (QED) is 0.679. The Balaban J connectivity index is 1.31. The first kappa shape index (κ1) is 17.9. The highest BCUT2D eigenvalue weighted by molar-refractivity contribution is 5.94. The Morgan fingerprint density at radius 3 is 2.86 bits per heavy atom. The second kappa shape index (κ2) is 7.63. The van der Waals surface area contributed by atoms with E-state index in [1.165, 1.54) is 11.0 Å². The van der Waals surface area contributed by atoms with Crippen LogP contribution in [0.4, 0.5) is 5.69 Å². The van der Waals surface area contributed by atoms with Crippen molar-refractivity contribution >= 4 is 11.6 Å². The molecule has 1 aromatic carbocycles. The van der Waals surface area contributed by atoms with Crippen molar-refractivity contribution in [3.63, 3.8) is 0 Å². The van der Waals surface area contributed by atoms with E-state index in [0.29, 0.717) is 23.9 Å². The maximum atomic E-state index is 12.4. The Labute approximate surface area is 161 Å². The van der Waals surface area contributed by atoms with Crippen molar-refractivity contribution < 1.29 is 4.79 Å². The van der Waals surface area contributed by atoms with E-state index in [4.69, 9.17) is 0 Å². The number of hydrogen-bond donors (Lipinski definition) is 2. The SMILES string of the molecule is Cn1ncc(N2CC[C@H](CNC(=O)c3ccc(-c4ncn[nH]4)cc3)C2)cc1=O. The minimum Gasteiger partial charge on any atom is -0.370 e. The Morgan fingerprint density at radius 2 is 2.14 bits per heavy atom. The monoisotopic (exact) mass is 379 g/mol. The highest BCUT2D eigenvalue weighted by atomic mass is 16.1. The summed E-state index contributed by atoms with van der Waals surface area (Å²) < 4.78 is 1.31. The van der Waals surface area contributed by atoms with Gasteiger partial charge in [0.05, 0.1) is 11.9 Å². The van der Waals surface area contributed by atoms with Gasteiger partial charge in [0, 0.05) is 43.9 Å². The molecule has 2 aromatic heterocycles. The van der Waals surface area contributed by atoms with E-state index in [2.05, 4.69) is 30.5 Å². The largest absolute Gasteiger partial charge is 0.370 e. The number of aryl methyl sites for hydroxylation is 1. The van der Waals surface area contributed by atoms with Crippen molar-refractivity contribution in [2.75, 3.05) is 24.5 Å². The molecule has 3 heterocycles. The van der Waals surface area contributed by atoms with Crippen molar-refractivity contribution in [1.29, 1.82) is 0 Å². The molecule has 1 fully saturated rings. The number of rotatable bonds is 5. The lowest BCUT2D eigenvalue weighted by molar-refractivity contribution is 0.0948. The predicted octanol–water partition coefficient (Wildman–Crippen LogP) is 0.822. The highest BCUT2D eigenvalue weighted by Gasteiger charge is 2.24. The fraction of sp³-hybridized carbons (Fsp3) is 0.316. The number of amides is 1. The number of nitrogens with one attached hydrogen (secondary N) is 2. The van der Waals surface area contributed by atoms with Gasteiger partial charge in [0.25, 0.3) is 11.5 Å². The van der Waals surface area contributed by atoms with Crippen LogP contribution < -0.4 is 15.8 Å². The second-order valence-corrected chi connectivity index (χ2v) is 6.90. The fourth-order valence-corrected chi connectivity index (χ4v) is 3.33. The average Bonchev–Trinajstić information content (AvgIpc) is 3.40. The maximum Gasteiger partial charge on any atom is 0.268 e. The Kier molecular flexibility index (Phi) is 4.88. The first-order valence-electron chi connectivity index (χ1n) is 9.12.